The predicted octanol–water partition coefficient (Wildman–Crippen LogP) is 1.47. The zero-order valence-corrected chi connectivity index (χ0v) is 7.50. The molecule has 66 valence electrons. The Bertz CT molecular complexity index is 278. The molecular weight excluding hydrogens is 156 g/mol. The van der Waals surface area contributed by atoms with Crippen LogP contribution in [0.5, 0.6) is 0 Å². The third-order valence-corrected chi connectivity index (χ3v) is 1.36. The lowest BCUT2D eigenvalue weighted by Crippen LogP contribution is -1.97. The summed E-state index contributed by atoms with van der Waals surface area (Å²) >= 11 is 0. The van der Waals surface area contributed by atoms with Gasteiger partial charge in [0, 0.05) is 13.3 Å². The van der Waals surface area contributed by atoms with E-state index in [1.807, 2.05) is 0 Å². The Balaban J connectivity index is 2.71. The first-order valence-electron chi connectivity index (χ1n) is 3.93. The molecule has 0 saturated carbocycles. The quantitative estimate of drug-likeness (QED) is 0.641. The molecule has 0 fully saturated rings. The van der Waals surface area contributed by atoms with E-state index >= 15 is 0 Å². The number of carbonyl (C=O) groups excluding carboxylic acids is 1. The second-order valence-electron chi connectivity index (χ2n) is 3.17. The third kappa shape index (κ3) is 2.15. The first-order chi connectivity index (χ1) is 5.59. The van der Waals surface area contributed by atoms with E-state index in [1.165, 1.54) is 6.92 Å². The minimum absolute atomic E-state index is 0.102. The fourth-order valence-electron chi connectivity index (χ4n) is 0.845. The third-order valence-electron chi connectivity index (χ3n) is 1.36. The van der Waals surface area contributed by atoms with E-state index < -0.39 is 0 Å². The van der Waals surface area contributed by atoms with Crippen molar-refractivity contribution < 1.29 is 9.32 Å². The summed E-state index contributed by atoms with van der Waals surface area (Å²) in [6, 6.07) is 0. The molecule has 1 heterocycles. The molecule has 4 nitrogen and oxygen atoms in total. The SMILES string of the molecule is CC(=O)c1nc(CC(C)C)no1. The summed E-state index contributed by atoms with van der Waals surface area (Å²) < 4.78 is 4.72. The van der Waals surface area contributed by atoms with E-state index in [-0.39, 0.29) is 11.7 Å². The number of rotatable bonds is 3. The standard InChI is InChI=1S/C8H12N2O2/c1-5(2)4-7-9-8(6(3)11)12-10-7/h5H,4H2,1-3H3. The number of ketones is 1. The van der Waals surface area contributed by atoms with Gasteiger partial charge in [0.15, 0.2) is 5.82 Å². The van der Waals surface area contributed by atoms with Crippen molar-refractivity contribution in [2.24, 2.45) is 5.92 Å². The average Bonchev–Trinajstić information content (AvgIpc) is 2.34. The number of hydrogen-bond donors (Lipinski definition) is 0. The molecule has 0 aliphatic carbocycles. The van der Waals surface area contributed by atoms with Crippen molar-refractivity contribution in [2.75, 3.05) is 0 Å². The summed E-state index contributed by atoms with van der Waals surface area (Å²) in [4.78, 5) is 14.7. The topological polar surface area (TPSA) is 56.0 Å². The van der Waals surface area contributed by atoms with Crippen molar-refractivity contribution in [1.29, 1.82) is 0 Å². The molecule has 0 amide bonds. The highest BCUT2D eigenvalue weighted by Crippen LogP contribution is 2.04. The fraction of sp³-hybridized carbons (Fsp3) is 0.625. The van der Waals surface area contributed by atoms with E-state index in [4.69, 9.17) is 4.52 Å². The average molecular weight is 168 g/mol. The van der Waals surface area contributed by atoms with E-state index in [0.29, 0.717) is 11.7 Å². The van der Waals surface area contributed by atoms with Crippen molar-refractivity contribution in [1.82, 2.24) is 10.1 Å². The van der Waals surface area contributed by atoms with E-state index in [1.54, 1.807) is 0 Å². The smallest absolute Gasteiger partial charge is 0.293 e. The van der Waals surface area contributed by atoms with Crippen LogP contribution >= 0.6 is 0 Å². The van der Waals surface area contributed by atoms with Crippen LogP contribution in [0.2, 0.25) is 0 Å². The lowest BCUT2D eigenvalue weighted by molar-refractivity contribution is 0.0972. The highest BCUT2D eigenvalue weighted by atomic mass is 16.5. The molecule has 0 bridgehead atoms. The second-order valence-corrected chi connectivity index (χ2v) is 3.17. The van der Waals surface area contributed by atoms with Crippen molar-refractivity contribution >= 4 is 5.78 Å². The van der Waals surface area contributed by atoms with Crippen LogP contribution in [0.1, 0.15) is 37.3 Å². The van der Waals surface area contributed by atoms with Crippen LogP contribution in [0.25, 0.3) is 0 Å². The normalized spacial score (nSPS) is 10.7. The first kappa shape index (κ1) is 8.90. The number of carbonyl (C=O) groups is 1. The van der Waals surface area contributed by atoms with Crippen molar-refractivity contribution in [3.8, 4) is 0 Å². The molecule has 4 heteroatoms. The van der Waals surface area contributed by atoms with Crippen LogP contribution in [-0.2, 0) is 6.42 Å². The highest BCUT2D eigenvalue weighted by Gasteiger charge is 2.10. The van der Waals surface area contributed by atoms with Crippen molar-refractivity contribution in [3.63, 3.8) is 0 Å². The number of hydrogen-bond acceptors (Lipinski definition) is 4. The summed E-state index contributed by atoms with van der Waals surface area (Å²) in [7, 11) is 0. The molecule has 0 aliphatic heterocycles. The summed E-state index contributed by atoms with van der Waals surface area (Å²) in [6.07, 6.45) is 0.747. The van der Waals surface area contributed by atoms with Crippen LogP contribution < -0.4 is 0 Å². The largest absolute Gasteiger partial charge is 0.331 e. The van der Waals surface area contributed by atoms with E-state index in [9.17, 15) is 4.79 Å². The highest BCUT2D eigenvalue weighted by molar-refractivity contribution is 5.89. The lowest BCUT2D eigenvalue weighted by atomic mass is 10.1. The van der Waals surface area contributed by atoms with Crippen LogP contribution in [0.15, 0.2) is 4.52 Å². The van der Waals surface area contributed by atoms with Gasteiger partial charge in [-0.05, 0) is 5.92 Å². The Labute approximate surface area is 71.0 Å². The van der Waals surface area contributed by atoms with Crippen LogP contribution in [0.3, 0.4) is 0 Å². The molecule has 1 aromatic heterocycles. The van der Waals surface area contributed by atoms with Crippen LogP contribution in [-0.4, -0.2) is 15.9 Å². The monoisotopic (exact) mass is 168 g/mol. The fourth-order valence-corrected chi connectivity index (χ4v) is 0.845. The lowest BCUT2D eigenvalue weighted by Gasteiger charge is -1.95. The molecule has 0 aromatic carbocycles. The maximum absolute atomic E-state index is 10.7. The molecular formula is C8H12N2O2. The van der Waals surface area contributed by atoms with Gasteiger partial charge in [0.2, 0.25) is 5.78 Å². The van der Waals surface area contributed by atoms with Gasteiger partial charge >= 0.3 is 0 Å². The van der Waals surface area contributed by atoms with Crippen LogP contribution in [0, 0.1) is 5.92 Å². The molecule has 0 radical (unpaired) electrons. The molecule has 0 aliphatic rings. The summed E-state index contributed by atoms with van der Waals surface area (Å²) in [5.41, 5.74) is 0. The maximum Gasteiger partial charge on any atom is 0.293 e. The van der Waals surface area contributed by atoms with Gasteiger partial charge in [0.1, 0.15) is 0 Å². The Kier molecular flexibility index (Phi) is 2.58. The van der Waals surface area contributed by atoms with Gasteiger partial charge < -0.3 is 4.52 Å². The maximum atomic E-state index is 10.7. The summed E-state index contributed by atoms with van der Waals surface area (Å²) in [6.45, 7) is 5.53. The van der Waals surface area contributed by atoms with Gasteiger partial charge in [-0.2, -0.15) is 4.98 Å². The second kappa shape index (κ2) is 3.47. The Morgan fingerprint density at radius 3 is 2.67 bits per heavy atom. The summed E-state index contributed by atoms with van der Waals surface area (Å²) in [5, 5.41) is 3.67. The minimum Gasteiger partial charge on any atom is -0.331 e. The molecule has 0 unspecified atom stereocenters. The Morgan fingerprint density at radius 2 is 2.25 bits per heavy atom. The van der Waals surface area contributed by atoms with Gasteiger partial charge in [-0.3, -0.25) is 4.79 Å². The van der Waals surface area contributed by atoms with E-state index in [0.717, 1.165) is 6.42 Å². The molecule has 0 N–H and O–H groups in total. The van der Waals surface area contributed by atoms with Crippen LogP contribution in [0.4, 0.5) is 0 Å². The minimum atomic E-state index is -0.183. The van der Waals surface area contributed by atoms with Gasteiger partial charge in [-0.1, -0.05) is 19.0 Å². The molecule has 0 atom stereocenters. The van der Waals surface area contributed by atoms with E-state index in [2.05, 4.69) is 24.0 Å². The van der Waals surface area contributed by atoms with Crippen molar-refractivity contribution in [3.05, 3.63) is 11.7 Å². The molecule has 1 aromatic rings. The van der Waals surface area contributed by atoms with Gasteiger partial charge in [0.05, 0.1) is 0 Å². The molecule has 0 saturated heterocycles. The van der Waals surface area contributed by atoms with Crippen molar-refractivity contribution in [2.45, 2.75) is 27.2 Å². The zero-order valence-electron chi connectivity index (χ0n) is 7.50. The number of Topliss-reactive ketones (excluding diaryl/α,β-unsaturated/α-hetero) is 1. The van der Waals surface area contributed by atoms with Gasteiger partial charge in [0.25, 0.3) is 5.89 Å². The zero-order chi connectivity index (χ0) is 9.14. The van der Waals surface area contributed by atoms with Gasteiger partial charge in [-0.15, -0.1) is 0 Å². The predicted molar refractivity (Wildman–Crippen MR) is 42.8 cm³/mol. The first-order valence-corrected chi connectivity index (χ1v) is 3.93. The summed E-state index contributed by atoms with van der Waals surface area (Å²) in [5.74, 6) is 1.00. The molecule has 1 rings (SSSR count). The molecule has 0 spiro atoms. The number of aromatic nitrogens is 2. The Morgan fingerprint density at radius 1 is 1.58 bits per heavy atom. The van der Waals surface area contributed by atoms with Gasteiger partial charge in [-0.25, -0.2) is 0 Å². The Hall–Kier alpha value is -1.19. The number of nitrogens with zero attached hydrogens (tertiary/aromatic N) is 2. The molecule has 12 heavy (non-hydrogen) atoms.